The van der Waals surface area contributed by atoms with E-state index in [4.69, 9.17) is 10.5 Å². The lowest BCUT2D eigenvalue weighted by Crippen LogP contribution is -2.62. The van der Waals surface area contributed by atoms with Crippen LogP contribution in [0.3, 0.4) is 0 Å². The monoisotopic (exact) mass is 452 g/mol. The Hall–Kier alpha value is -2.30. The average molecular weight is 452 g/mol. The van der Waals surface area contributed by atoms with E-state index in [9.17, 15) is 35.9 Å². The molecule has 0 bridgehead atoms. The lowest BCUT2D eigenvalue weighted by molar-refractivity contribution is -0.153. The zero-order chi connectivity index (χ0) is 23.2. The number of nitrogens with zero attached hydrogens (tertiary/aromatic N) is 1. The van der Waals surface area contributed by atoms with Gasteiger partial charge in [-0.1, -0.05) is 6.07 Å². The number of ether oxygens (including phenoxy) is 1. The molecule has 1 saturated carbocycles. The molecule has 0 aromatic heterocycles. The van der Waals surface area contributed by atoms with Crippen molar-refractivity contribution in [3.05, 3.63) is 35.1 Å². The highest BCUT2D eigenvalue weighted by Gasteiger charge is 2.49. The third-order valence-electron chi connectivity index (χ3n) is 5.73. The summed E-state index contributed by atoms with van der Waals surface area (Å²) >= 11 is 0. The first-order valence-corrected chi connectivity index (χ1v) is 9.66. The number of benzene rings is 1. The Balaban J connectivity index is 1.50. The lowest BCUT2D eigenvalue weighted by Gasteiger charge is -2.48. The molecule has 1 heterocycles. The normalized spacial score (nSPS) is 24.4. The van der Waals surface area contributed by atoms with E-state index in [0.29, 0.717) is 25.0 Å². The SMILES string of the molecule is CC(=O)OC[C@]1(N)C[C@@H](C(=O)N2CC(CC(F)(F)c3ccc(C(F)(F)F)c(F)c3)C2)C1. The second-order valence-corrected chi connectivity index (χ2v) is 8.46. The molecule has 1 amide bonds. The van der Waals surface area contributed by atoms with E-state index in [0.717, 1.165) is 0 Å². The van der Waals surface area contributed by atoms with Gasteiger partial charge in [0.15, 0.2) is 0 Å². The second kappa shape index (κ2) is 7.99. The summed E-state index contributed by atoms with van der Waals surface area (Å²) in [5, 5.41) is 0. The number of alkyl halides is 5. The molecule has 31 heavy (non-hydrogen) atoms. The van der Waals surface area contributed by atoms with Gasteiger partial charge in [0, 0.05) is 43.8 Å². The van der Waals surface area contributed by atoms with Gasteiger partial charge >= 0.3 is 12.1 Å². The Bertz CT molecular complexity index is 861. The van der Waals surface area contributed by atoms with Crippen LogP contribution in [0, 0.1) is 17.7 Å². The molecule has 172 valence electrons. The standard InChI is InChI=1S/C20H22F6N2O3/c1-11(29)31-10-18(27)6-13(7-18)17(30)28-8-12(9-28)5-19(22,23)14-2-3-15(16(21)4-14)20(24,25)26/h2-4,12-13H,5-10,27H2,1H3/t13-,18+. The van der Waals surface area contributed by atoms with Crippen molar-refractivity contribution in [3.63, 3.8) is 0 Å². The molecule has 2 fully saturated rings. The number of likely N-dealkylation sites (tertiary alicyclic amines) is 1. The number of hydrogen-bond acceptors (Lipinski definition) is 4. The van der Waals surface area contributed by atoms with Gasteiger partial charge in [0.25, 0.3) is 5.92 Å². The minimum atomic E-state index is -4.96. The van der Waals surface area contributed by atoms with Crippen molar-refractivity contribution < 1.29 is 40.7 Å². The van der Waals surface area contributed by atoms with Crippen LogP contribution in [-0.4, -0.2) is 42.0 Å². The smallest absolute Gasteiger partial charge is 0.419 e. The molecule has 11 heteroatoms. The third kappa shape index (κ3) is 5.13. The Morgan fingerprint density at radius 2 is 1.81 bits per heavy atom. The molecular formula is C20H22F6N2O3. The van der Waals surface area contributed by atoms with Crippen molar-refractivity contribution >= 4 is 11.9 Å². The first-order valence-electron chi connectivity index (χ1n) is 9.66. The van der Waals surface area contributed by atoms with Gasteiger partial charge in [-0.3, -0.25) is 9.59 Å². The fourth-order valence-electron chi connectivity index (χ4n) is 4.05. The number of nitrogens with two attached hydrogens (primary N) is 1. The maximum absolute atomic E-state index is 14.4. The van der Waals surface area contributed by atoms with Crippen LogP contribution in [0.25, 0.3) is 0 Å². The highest BCUT2D eigenvalue weighted by Crippen LogP contribution is 2.42. The summed E-state index contributed by atoms with van der Waals surface area (Å²) in [5.74, 6) is -6.90. The molecule has 0 atom stereocenters. The summed E-state index contributed by atoms with van der Waals surface area (Å²) in [6.45, 7) is 1.41. The van der Waals surface area contributed by atoms with E-state index in [-0.39, 0.29) is 37.6 Å². The van der Waals surface area contributed by atoms with Crippen molar-refractivity contribution in [3.8, 4) is 0 Å². The molecule has 1 aliphatic carbocycles. The maximum Gasteiger partial charge on any atom is 0.419 e. The van der Waals surface area contributed by atoms with Gasteiger partial charge in [-0.05, 0) is 25.0 Å². The largest absolute Gasteiger partial charge is 0.464 e. The number of hydrogen-bond donors (Lipinski definition) is 1. The zero-order valence-corrected chi connectivity index (χ0v) is 16.6. The van der Waals surface area contributed by atoms with E-state index in [1.165, 1.54) is 11.8 Å². The summed E-state index contributed by atoms with van der Waals surface area (Å²) in [6, 6.07) is 1.09. The number of esters is 1. The molecule has 2 aliphatic rings. The fourth-order valence-corrected chi connectivity index (χ4v) is 4.05. The first kappa shape index (κ1) is 23.4. The van der Waals surface area contributed by atoms with Crippen LogP contribution in [0.15, 0.2) is 18.2 Å². The van der Waals surface area contributed by atoms with Crippen LogP contribution in [0.2, 0.25) is 0 Å². The van der Waals surface area contributed by atoms with E-state index in [2.05, 4.69) is 0 Å². The molecule has 1 aromatic carbocycles. The maximum atomic E-state index is 14.4. The quantitative estimate of drug-likeness (QED) is 0.530. The molecular weight excluding hydrogens is 430 g/mol. The van der Waals surface area contributed by atoms with Crippen molar-refractivity contribution in [1.82, 2.24) is 4.90 Å². The van der Waals surface area contributed by atoms with Crippen LogP contribution >= 0.6 is 0 Å². The van der Waals surface area contributed by atoms with Gasteiger partial charge < -0.3 is 15.4 Å². The average Bonchev–Trinajstić information content (AvgIpc) is 2.58. The van der Waals surface area contributed by atoms with Gasteiger partial charge in [-0.15, -0.1) is 0 Å². The van der Waals surface area contributed by atoms with Gasteiger partial charge in [0.05, 0.1) is 11.1 Å². The molecule has 0 unspecified atom stereocenters. The van der Waals surface area contributed by atoms with Gasteiger partial charge in [0.2, 0.25) is 5.91 Å². The van der Waals surface area contributed by atoms with Crippen LogP contribution in [-0.2, 0) is 26.4 Å². The van der Waals surface area contributed by atoms with Crippen LogP contribution in [0.1, 0.15) is 37.3 Å². The predicted molar refractivity (Wildman–Crippen MR) is 96.3 cm³/mol. The van der Waals surface area contributed by atoms with E-state index >= 15 is 0 Å². The minimum Gasteiger partial charge on any atom is -0.464 e. The van der Waals surface area contributed by atoms with Gasteiger partial charge in [-0.25, -0.2) is 13.2 Å². The zero-order valence-electron chi connectivity index (χ0n) is 16.6. The first-order chi connectivity index (χ1) is 14.2. The Labute approximate surface area is 174 Å². The topological polar surface area (TPSA) is 72.6 Å². The van der Waals surface area contributed by atoms with Gasteiger partial charge in [-0.2, -0.15) is 13.2 Å². The highest BCUT2D eigenvalue weighted by atomic mass is 19.4. The molecule has 3 rings (SSSR count). The van der Waals surface area contributed by atoms with Crippen molar-refractivity contribution in [1.29, 1.82) is 0 Å². The third-order valence-corrected chi connectivity index (χ3v) is 5.73. The van der Waals surface area contributed by atoms with Crippen LogP contribution < -0.4 is 5.73 Å². The number of rotatable bonds is 6. The fraction of sp³-hybridized carbons (Fsp3) is 0.600. The Morgan fingerprint density at radius 3 is 2.32 bits per heavy atom. The number of amides is 1. The molecule has 1 saturated heterocycles. The van der Waals surface area contributed by atoms with Crippen LogP contribution in [0.5, 0.6) is 0 Å². The molecule has 0 spiro atoms. The summed E-state index contributed by atoms with van der Waals surface area (Å²) in [5.41, 5.74) is 2.81. The van der Waals surface area contributed by atoms with Crippen LogP contribution in [0.4, 0.5) is 26.3 Å². The molecule has 2 N–H and O–H groups in total. The van der Waals surface area contributed by atoms with Crippen molar-refractivity contribution in [2.75, 3.05) is 19.7 Å². The second-order valence-electron chi connectivity index (χ2n) is 8.46. The number of halogens is 6. The van der Waals surface area contributed by atoms with Gasteiger partial charge in [0.1, 0.15) is 12.4 Å². The molecule has 0 radical (unpaired) electrons. The Morgan fingerprint density at radius 1 is 1.19 bits per heavy atom. The summed E-state index contributed by atoms with van der Waals surface area (Å²) in [6.07, 6.45) is -5.03. The molecule has 1 aromatic rings. The van der Waals surface area contributed by atoms with E-state index in [1.807, 2.05) is 0 Å². The molecule has 5 nitrogen and oxygen atoms in total. The lowest BCUT2D eigenvalue weighted by atomic mass is 9.68. The minimum absolute atomic E-state index is 0.00461. The Kier molecular flexibility index (Phi) is 6.03. The van der Waals surface area contributed by atoms with Crippen molar-refractivity contribution in [2.45, 2.75) is 43.8 Å². The van der Waals surface area contributed by atoms with E-state index < -0.39 is 52.9 Å². The predicted octanol–water partition coefficient (Wildman–Crippen LogP) is 3.46. The molecule has 1 aliphatic heterocycles. The summed E-state index contributed by atoms with van der Waals surface area (Å²) < 4.78 is 85.2. The summed E-state index contributed by atoms with van der Waals surface area (Å²) in [7, 11) is 0. The van der Waals surface area contributed by atoms with E-state index in [1.54, 1.807) is 0 Å². The van der Waals surface area contributed by atoms with Crippen molar-refractivity contribution in [2.24, 2.45) is 17.6 Å². The number of carbonyl (C=O) groups is 2. The highest BCUT2D eigenvalue weighted by molar-refractivity contribution is 5.81. The summed E-state index contributed by atoms with van der Waals surface area (Å²) in [4.78, 5) is 24.7. The number of carbonyl (C=O) groups excluding carboxylic acids is 2.